The van der Waals surface area contributed by atoms with Crippen molar-refractivity contribution in [3.05, 3.63) is 39.7 Å². The van der Waals surface area contributed by atoms with Crippen molar-refractivity contribution in [2.24, 2.45) is 0 Å². The van der Waals surface area contributed by atoms with Crippen molar-refractivity contribution in [2.45, 2.75) is 32.2 Å². The Morgan fingerprint density at radius 1 is 1.50 bits per heavy atom. The zero-order chi connectivity index (χ0) is 15.3. The minimum Gasteiger partial charge on any atom is -0.334 e. The van der Waals surface area contributed by atoms with Gasteiger partial charge >= 0.3 is 0 Å². The largest absolute Gasteiger partial charge is 0.334 e. The van der Waals surface area contributed by atoms with Gasteiger partial charge in [-0.2, -0.15) is 5.26 Å². The van der Waals surface area contributed by atoms with Crippen LogP contribution in [0.15, 0.2) is 18.2 Å². The van der Waals surface area contributed by atoms with Gasteiger partial charge in [0.1, 0.15) is 16.9 Å². The lowest BCUT2D eigenvalue weighted by atomic mass is 9.94. The second-order valence-electron chi connectivity index (χ2n) is 4.27. The number of amides is 1. The van der Waals surface area contributed by atoms with E-state index >= 15 is 0 Å². The molecule has 0 spiro atoms. The maximum Gasteiger partial charge on any atom is 0.285 e. The lowest BCUT2D eigenvalue weighted by Crippen LogP contribution is -2.46. The summed E-state index contributed by atoms with van der Waals surface area (Å²) in [4.78, 5) is 22.1. The van der Waals surface area contributed by atoms with Gasteiger partial charge in [0.2, 0.25) is 0 Å². The molecule has 0 atom stereocenters. The Kier molecular flexibility index (Phi) is 4.75. The molecule has 1 rings (SSSR count). The van der Waals surface area contributed by atoms with E-state index in [0.717, 1.165) is 12.1 Å². The van der Waals surface area contributed by atoms with Crippen molar-refractivity contribution in [3.63, 3.8) is 0 Å². The molecule has 0 fully saturated rings. The highest BCUT2D eigenvalue weighted by Crippen LogP contribution is 2.22. The standard InChI is InChI=1S/C13H14FN3O3/c1-3-13(4-2,8-15)16-12(18)10-6-5-9(14)7-11(10)17(19)20/h5-7H,3-4H2,1-2H3,(H,16,18). The third kappa shape index (κ3) is 3.09. The number of hydrogen-bond donors (Lipinski definition) is 1. The Hall–Kier alpha value is -2.49. The average molecular weight is 279 g/mol. The number of halogens is 1. The highest BCUT2D eigenvalue weighted by molar-refractivity contribution is 5.98. The predicted octanol–water partition coefficient (Wildman–Crippen LogP) is 2.55. The summed E-state index contributed by atoms with van der Waals surface area (Å²) >= 11 is 0. The summed E-state index contributed by atoms with van der Waals surface area (Å²) in [6.45, 7) is 3.46. The molecule has 7 heteroatoms. The molecule has 0 radical (unpaired) electrons. The molecule has 20 heavy (non-hydrogen) atoms. The average Bonchev–Trinajstić information content (AvgIpc) is 2.44. The van der Waals surface area contributed by atoms with Crippen LogP contribution in [-0.2, 0) is 0 Å². The van der Waals surface area contributed by atoms with Crippen LogP contribution in [0.25, 0.3) is 0 Å². The van der Waals surface area contributed by atoms with Crippen LogP contribution in [0.3, 0.4) is 0 Å². The highest BCUT2D eigenvalue weighted by atomic mass is 19.1. The minimum atomic E-state index is -1.08. The summed E-state index contributed by atoms with van der Waals surface area (Å²) in [5.74, 6) is -1.56. The van der Waals surface area contributed by atoms with E-state index in [9.17, 15) is 19.3 Å². The summed E-state index contributed by atoms with van der Waals surface area (Å²) in [5, 5.41) is 22.5. The SMILES string of the molecule is CCC(C#N)(CC)NC(=O)c1ccc(F)cc1[N+](=O)[O-]. The number of benzene rings is 1. The molecule has 0 saturated carbocycles. The molecule has 0 aromatic heterocycles. The first-order valence-electron chi connectivity index (χ1n) is 6.06. The quantitative estimate of drug-likeness (QED) is 0.661. The number of rotatable bonds is 5. The van der Waals surface area contributed by atoms with Gasteiger partial charge in [0.25, 0.3) is 11.6 Å². The van der Waals surface area contributed by atoms with Crippen molar-refractivity contribution in [1.82, 2.24) is 5.32 Å². The zero-order valence-corrected chi connectivity index (χ0v) is 11.1. The number of nitriles is 1. The van der Waals surface area contributed by atoms with Crippen LogP contribution in [0.4, 0.5) is 10.1 Å². The van der Waals surface area contributed by atoms with Gasteiger partial charge in [-0.05, 0) is 25.0 Å². The monoisotopic (exact) mass is 279 g/mol. The van der Waals surface area contributed by atoms with Crippen LogP contribution in [0.2, 0.25) is 0 Å². The molecule has 0 aliphatic rings. The topological polar surface area (TPSA) is 96.0 Å². The van der Waals surface area contributed by atoms with E-state index < -0.39 is 27.9 Å². The fourth-order valence-electron chi connectivity index (χ4n) is 1.75. The van der Waals surface area contributed by atoms with Crippen LogP contribution >= 0.6 is 0 Å². The fraction of sp³-hybridized carbons (Fsp3) is 0.385. The third-order valence-corrected chi connectivity index (χ3v) is 3.18. The fourth-order valence-corrected chi connectivity index (χ4v) is 1.75. The van der Waals surface area contributed by atoms with Crippen LogP contribution in [-0.4, -0.2) is 16.4 Å². The second-order valence-corrected chi connectivity index (χ2v) is 4.27. The molecule has 0 saturated heterocycles. The van der Waals surface area contributed by atoms with Gasteiger partial charge in [-0.1, -0.05) is 13.8 Å². The van der Waals surface area contributed by atoms with Gasteiger partial charge in [0, 0.05) is 0 Å². The lowest BCUT2D eigenvalue weighted by Gasteiger charge is -2.24. The van der Waals surface area contributed by atoms with E-state index in [-0.39, 0.29) is 5.56 Å². The number of nitrogens with zero attached hydrogens (tertiary/aromatic N) is 2. The Balaban J connectivity index is 3.17. The molecule has 1 N–H and O–H groups in total. The van der Waals surface area contributed by atoms with Gasteiger partial charge in [-0.25, -0.2) is 4.39 Å². The van der Waals surface area contributed by atoms with Gasteiger partial charge < -0.3 is 5.32 Å². The molecule has 0 unspecified atom stereocenters. The molecule has 6 nitrogen and oxygen atoms in total. The summed E-state index contributed by atoms with van der Waals surface area (Å²) in [5.41, 5.74) is -1.97. The molecule has 1 amide bonds. The molecule has 0 aliphatic heterocycles. The maximum atomic E-state index is 13.0. The van der Waals surface area contributed by atoms with E-state index in [1.807, 2.05) is 6.07 Å². The van der Waals surface area contributed by atoms with Gasteiger partial charge in [0.05, 0.1) is 17.1 Å². The van der Waals surface area contributed by atoms with E-state index in [4.69, 9.17) is 5.26 Å². The van der Waals surface area contributed by atoms with Gasteiger partial charge in [-0.3, -0.25) is 14.9 Å². The number of nitrogens with one attached hydrogen (secondary N) is 1. The molecule has 0 heterocycles. The van der Waals surface area contributed by atoms with Crippen molar-refractivity contribution in [2.75, 3.05) is 0 Å². The molecular weight excluding hydrogens is 265 g/mol. The number of carbonyl (C=O) groups is 1. The van der Waals surface area contributed by atoms with Crippen molar-refractivity contribution >= 4 is 11.6 Å². The van der Waals surface area contributed by atoms with Crippen molar-refractivity contribution in [3.8, 4) is 6.07 Å². The smallest absolute Gasteiger partial charge is 0.285 e. The van der Waals surface area contributed by atoms with Crippen LogP contribution < -0.4 is 5.32 Å². The first-order chi connectivity index (χ1) is 9.39. The number of nitro benzene ring substituents is 1. The Labute approximate surface area is 115 Å². The first-order valence-corrected chi connectivity index (χ1v) is 6.06. The van der Waals surface area contributed by atoms with Crippen molar-refractivity contribution < 1.29 is 14.1 Å². The predicted molar refractivity (Wildman–Crippen MR) is 69.4 cm³/mol. The summed E-state index contributed by atoms with van der Waals surface area (Å²) in [7, 11) is 0. The maximum absolute atomic E-state index is 13.0. The lowest BCUT2D eigenvalue weighted by molar-refractivity contribution is -0.385. The Bertz CT molecular complexity index is 577. The minimum absolute atomic E-state index is 0.266. The summed E-state index contributed by atoms with van der Waals surface area (Å²) < 4.78 is 13.0. The van der Waals surface area contributed by atoms with Gasteiger partial charge in [-0.15, -0.1) is 0 Å². The Morgan fingerprint density at radius 2 is 2.10 bits per heavy atom. The molecule has 0 bridgehead atoms. The van der Waals surface area contributed by atoms with Crippen LogP contribution in [0.5, 0.6) is 0 Å². The first kappa shape index (κ1) is 15.6. The molecule has 0 aliphatic carbocycles. The summed E-state index contributed by atoms with van der Waals surface area (Å²) in [6, 6.07) is 4.69. The van der Waals surface area contributed by atoms with Crippen LogP contribution in [0, 0.1) is 27.3 Å². The number of nitro groups is 1. The second kappa shape index (κ2) is 6.10. The van der Waals surface area contributed by atoms with Crippen LogP contribution in [0.1, 0.15) is 37.0 Å². The van der Waals surface area contributed by atoms with E-state index in [1.165, 1.54) is 0 Å². The molecule has 1 aromatic rings. The number of carbonyl (C=O) groups excluding carboxylic acids is 1. The highest BCUT2D eigenvalue weighted by Gasteiger charge is 2.31. The third-order valence-electron chi connectivity index (χ3n) is 3.18. The van der Waals surface area contributed by atoms with E-state index in [0.29, 0.717) is 18.9 Å². The zero-order valence-electron chi connectivity index (χ0n) is 11.1. The van der Waals surface area contributed by atoms with Gasteiger partial charge in [0.15, 0.2) is 0 Å². The molecule has 106 valence electrons. The molecule has 1 aromatic carbocycles. The van der Waals surface area contributed by atoms with E-state index in [1.54, 1.807) is 13.8 Å². The molecular formula is C13H14FN3O3. The number of hydrogen-bond acceptors (Lipinski definition) is 4. The van der Waals surface area contributed by atoms with Crippen molar-refractivity contribution in [1.29, 1.82) is 5.26 Å². The Morgan fingerprint density at radius 3 is 2.55 bits per heavy atom. The van der Waals surface area contributed by atoms with E-state index in [2.05, 4.69) is 5.32 Å². The summed E-state index contributed by atoms with van der Waals surface area (Å²) in [6.07, 6.45) is 0.724. The normalized spacial score (nSPS) is 10.7.